The third-order valence-corrected chi connectivity index (χ3v) is 19.3. The van der Waals surface area contributed by atoms with Crippen LogP contribution < -0.4 is 21.7 Å². The zero-order chi connectivity index (χ0) is 29.3. The number of carbonyl (C=O) groups is 2. The van der Waals surface area contributed by atoms with Crippen LogP contribution in [0.3, 0.4) is 0 Å². The standard InChI is InChI=1S/C32H32BrN2O6P/c1-23-28(41-32(38)40-23)22-39-31(37)34-19-17-24(21-34)35-20-18-29(30(35)36)42(33,25-11-5-2-6-12-25,26-13-7-3-8-14-26)27-15-9-4-10-16-27/h2-16,24,29H,17-22H2,1H3/t24-,29-/m1/s1. The molecule has 2 fully saturated rings. The van der Waals surface area contributed by atoms with Crippen LogP contribution in [-0.4, -0.2) is 53.1 Å². The topological polar surface area (TPSA) is 93.2 Å². The summed E-state index contributed by atoms with van der Waals surface area (Å²) >= 11 is 4.47. The van der Waals surface area contributed by atoms with Crippen molar-refractivity contribution in [1.29, 1.82) is 0 Å². The maximum atomic E-state index is 14.6. The number of aryl methyl sites for hydroxylation is 1. The van der Waals surface area contributed by atoms with E-state index in [9.17, 15) is 14.4 Å². The van der Waals surface area contributed by atoms with Gasteiger partial charge in [-0.05, 0) is 0 Å². The Hall–Kier alpha value is -3.68. The number of rotatable bonds is 7. The van der Waals surface area contributed by atoms with E-state index in [2.05, 4.69) is 51.9 Å². The molecule has 0 saturated carbocycles. The zero-order valence-electron chi connectivity index (χ0n) is 23.2. The predicted octanol–water partition coefficient (Wildman–Crippen LogP) is 4.69. The van der Waals surface area contributed by atoms with Gasteiger partial charge in [-0.3, -0.25) is 0 Å². The number of halogens is 1. The number of hydrogen-bond donors (Lipinski definition) is 0. The van der Waals surface area contributed by atoms with Gasteiger partial charge in [0.05, 0.1) is 0 Å². The summed E-state index contributed by atoms with van der Waals surface area (Å²) in [6.07, 6.45) is 0.829. The number of nitrogens with zero attached hydrogens (tertiary/aromatic N) is 2. The third-order valence-electron chi connectivity index (χ3n) is 8.60. The molecule has 4 aromatic rings. The Morgan fingerprint density at radius 2 is 1.40 bits per heavy atom. The van der Waals surface area contributed by atoms with Gasteiger partial charge in [-0.15, -0.1) is 0 Å². The van der Waals surface area contributed by atoms with Gasteiger partial charge in [-0.2, -0.15) is 0 Å². The van der Waals surface area contributed by atoms with Crippen LogP contribution in [0, 0.1) is 6.92 Å². The fourth-order valence-corrected chi connectivity index (χ4v) is 15.2. The molecule has 2 atom stereocenters. The van der Waals surface area contributed by atoms with E-state index in [1.807, 2.05) is 59.5 Å². The molecule has 6 rings (SSSR count). The van der Waals surface area contributed by atoms with Crippen molar-refractivity contribution in [3.8, 4) is 0 Å². The first-order valence-corrected chi connectivity index (χ1v) is 18.3. The molecule has 0 aliphatic carbocycles. The summed E-state index contributed by atoms with van der Waals surface area (Å²) in [6.45, 7) is 2.85. The molecule has 2 aliphatic rings. The Bertz CT molecular complexity index is 1540. The van der Waals surface area contributed by atoms with Crippen LogP contribution in [0.4, 0.5) is 4.79 Å². The van der Waals surface area contributed by atoms with E-state index >= 15 is 0 Å². The quantitative estimate of drug-likeness (QED) is 0.270. The van der Waals surface area contributed by atoms with Crippen molar-refractivity contribution in [2.24, 2.45) is 0 Å². The molecule has 8 nitrogen and oxygen atoms in total. The van der Waals surface area contributed by atoms with Crippen LogP contribution in [0.5, 0.6) is 0 Å². The number of benzene rings is 3. The average molecular weight is 651 g/mol. The molecule has 2 saturated heterocycles. The normalized spacial score (nSPS) is 20.0. The first kappa shape index (κ1) is 28.4. The van der Waals surface area contributed by atoms with Gasteiger partial charge in [0, 0.05) is 0 Å². The zero-order valence-corrected chi connectivity index (χ0v) is 25.7. The number of hydrogen-bond acceptors (Lipinski definition) is 6. The second-order valence-electron chi connectivity index (χ2n) is 10.8. The molecule has 0 radical (unpaired) electrons. The fraction of sp³-hybridized carbons (Fsp3) is 0.281. The number of amides is 2. The third kappa shape index (κ3) is 4.59. The summed E-state index contributed by atoms with van der Waals surface area (Å²) in [5, 5.41) is -0.166. The van der Waals surface area contributed by atoms with E-state index in [0.717, 1.165) is 15.9 Å². The molecule has 218 valence electrons. The van der Waals surface area contributed by atoms with Gasteiger partial charge < -0.3 is 0 Å². The Balaban J connectivity index is 1.30. The van der Waals surface area contributed by atoms with Gasteiger partial charge in [0.15, 0.2) is 0 Å². The minimum atomic E-state index is -3.50. The van der Waals surface area contributed by atoms with Gasteiger partial charge in [-0.1, -0.05) is 0 Å². The summed E-state index contributed by atoms with van der Waals surface area (Å²) in [7, 11) is 0. The minimum absolute atomic E-state index is 0.0946. The van der Waals surface area contributed by atoms with E-state index in [1.54, 1.807) is 11.8 Å². The summed E-state index contributed by atoms with van der Waals surface area (Å²) in [4.78, 5) is 42.4. The predicted molar refractivity (Wildman–Crippen MR) is 166 cm³/mol. The van der Waals surface area contributed by atoms with Crippen molar-refractivity contribution >= 4 is 48.7 Å². The molecule has 3 heterocycles. The molecule has 3 aromatic carbocycles. The molecule has 2 amide bonds. The number of carbonyl (C=O) groups excluding carboxylic acids is 2. The maximum absolute atomic E-state index is 14.6. The van der Waals surface area contributed by atoms with E-state index in [-0.39, 0.29) is 35.7 Å². The molecule has 0 bridgehead atoms. The molecule has 10 heteroatoms. The van der Waals surface area contributed by atoms with Crippen molar-refractivity contribution in [1.82, 2.24) is 9.80 Å². The van der Waals surface area contributed by atoms with Crippen LogP contribution in [0.25, 0.3) is 0 Å². The SMILES string of the molecule is Cc1oc(=O)oc1COC(=O)N1CC[C@@H](N2CC[C@@H](P(Br)(c3ccccc3)(c3ccccc3)c3ccccc3)C2=O)C1. The second-order valence-corrected chi connectivity index (χ2v) is 19.5. The van der Waals surface area contributed by atoms with Crippen LogP contribution in [0.1, 0.15) is 24.4 Å². The number of ether oxygens (including phenoxy) is 1. The van der Waals surface area contributed by atoms with Gasteiger partial charge in [0.25, 0.3) is 0 Å². The van der Waals surface area contributed by atoms with Gasteiger partial charge in [-0.25, -0.2) is 4.79 Å². The molecule has 1 aromatic heterocycles. The number of likely N-dealkylation sites (tertiary alicyclic amines) is 2. The van der Waals surface area contributed by atoms with Crippen LogP contribution in [0.15, 0.2) is 105 Å². The summed E-state index contributed by atoms with van der Waals surface area (Å²) in [5.74, 6) is -0.260. The summed E-state index contributed by atoms with van der Waals surface area (Å²) in [5.41, 5.74) is -0.323. The molecule has 0 unspecified atom stereocenters. The first-order chi connectivity index (χ1) is 20.3. The molecule has 0 N–H and O–H groups in total. The Labute approximate surface area is 251 Å². The van der Waals surface area contributed by atoms with E-state index in [1.165, 1.54) is 0 Å². The van der Waals surface area contributed by atoms with Gasteiger partial charge >= 0.3 is 248 Å². The fourth-order valence-electron chi connectivity index (χ4n) is 6.53. The summed E-state index contributed by atoms with van der Waals surface area (Å²) < 4.78 is 15.2. The van der Waals surface area contributed by atoms with Crippen LogP contribution in [-0.2, 0) is 16.1 Å². The Morgan fingerprint density at radius 3 is 1.90 bits per heavy atom. The first-order valence-electron chi connectivity index (χ1n) is 14.0. The average Bonchev–Trinajstić information content (AvgIpc) is 3.75. The molecule has 42 heavy (non-hydrogen) atoms. The van der Waals surface area contributed by atoms with Crippen LogP contribution >= 0.6 is 20.8 Å². The van der Waals surface area contributed by atoms with Crippen molar-refractivity contribution in [2.75, 3.05) is 19.6 Å². The Morgan fingerprint density at radius 1 is 0.857 bits per heavy atom. The summed E-state index contributed by atoms with van der Waals surface area (Å²) in [6, 6.07) is 31.0. The van der Waals surface area contributed by atoms with Crippen molar-refractivity contribution < 1.29 is 23.2 Å². The van der Waals surface area contributed by atoms with E-state index in [4.69, 9.17) is 13.6 Å². The van der Waals surface area contributed by atoms with Crippen LogP contribution in [0.2, 0.25) is 0 Å². The second kappa shape index (κ2) is 11.2. The monoisotopic (exact) mass is 650 g/mol. The van der Waals surface area contributed by atoms with Gasteiger partial charge in [0.2, 0.25) is 0 Å². The molecule has 2 aliphatic heterocycles. The Kier molecular flexibility index (Phi) is 7.58. The van der Waals surface area contributed by atoms with Crippen molar-refractivity contribution in [3.05, 3.63) is 113 Å². The molecular formula is C32H32BrN2O6P. The molecule has 0 spiro atoms. The van der Waals surface area contributed by atoms with E-state index < -0.39 is 17.2 Å². The molecular weight excluding hydrogens is 619 g/mol. The van der Waals surface area contributed by atoms with Gasteiger partial charge in [0.1, 0.15) is 0 Å². The van der Waals surface area contributed by atoms with E-state index in [0.29, 0.717) is 32.5 Å². The van der Waals surface area contributed by atoms with Crippen molar-refractivity contribution in [3.63, 3.8) is 0 Å². The van der Waals surface area contributed by atoms with Crippen molar-refractivity contribution in [2.45, 2.75) is 38.1 Å².